The Hall–Kier alpha value is -0.900. The number of nitrogens with zero attached hydrogens (tertiary/aromatic N) is 1. The van der Waals surface area contributed by atoms with Crippen molar-refractivity contribution in [2.24, 2.45) is 5.73 Å². The summed E-state index contributed by atoms with van der Waals surface area (Å²) in [6.07, 6.45) is 0. The van der Waals surface area contributed by atoms with Gasteiger partial charge in [0, 0.05) is 48.7 Å². The summed E-state index contributed by atoms with van der Waals surface area (Å²) in [5.74, 6) is 5.96. The van der Waals surface area contributed by atoms with E-state index in [0.29, 0.717) is 6.54 Å². The Balaban J connectivity index is 2.50. The fourth-order valence-electron chi connectivity index (χ4n) is 1.85. The van der Waals surface area contributed by atoms with Gasteiger partial charge in [-0.05, 0) is 19.9 Å². The van der Waals surface area contributed by atoms with E-state index in [-0.39, 0.29) is 0 Å². The lowest BCUT2D eigenvalue weighted by Crippen LogP contribution is -2.30. The topological polar surface area (TPSA) is 47.7 Å². The highest BCUT2D eigenvalue weighted by molar-refractivity contribution is 7.10. The summed E-state index contributed by atoms with van der Waals surface area (Å²) >= 11 is 1.74. The third-order valence-electron chi connectivity index (χ3n) is 2.88. The lowest BCUT2D eigenvalue weighted by Gasteiger charge is -2.21. The van der Waals surface area contributed by atoms with E-state index >= 15 is 0 Å². The van der Waals surface area contributed by atoms with Gasteiger partial charge in [-0.15, -0.1) is 11.3 Å². The van der Waals surface area contributed by atoms with Crippen molar-refractivity contribution in [3.8, 4) is 11.8 Å². The van der Waals surface area contributed by atoms with Crippen molar-refractivity contribution >= 4 is 11.3 Å². The Kier molecular flexibility index (Phi) is 10.1. The maximum atomic E-state index is 5.45. The second-order valence-electron chi connectivity index (χ2n) is 4.48. The van der Waals surface area contributed by atoms with Crippen LogP contribution in [0.1, 0.15) is 24.3 Å². The second-order valence-corrected chi connectivity index (χ2v) is 5.47. The van der Waals surface area contributed by atoms with E-state index in [1.807, 2.05) is 13.8 Å². The Labute approximate surface area is 132 Å². The minimum Gasteiger partial charge on any atom is -0.380 e. The lowest BCUT2D eigenvalue weighted by molar-refractivity contribution is 0.0802. The predicted molar refractivity (Wildman–Crippen MR) is 88.5 cm³/mol. The molecular weight excluding hydrogens is 284 g/mol. The first kappa shape index (κ1) is 18.1. The average Bonchev–Trinajstić information content (AvgIpc) is 2.93. The normalized spacial score (nSPS) is 10.7. The SMILES string of the molecule is CCOCCN(CCOCC)Cc1cc(C#CCN)cs1. The standard InChI is InChI=1S/C16H26N2O2S/c1-3-19-10-8-18(9-11-20-4-2)13-16-12-15(14-21-16)6-5-7-17/h12,14H,3-4,7-11,13,17H2,1-2H3. The summed E-state index contributed by atoms with van der Waals surface area (Å²) in [4.78, 5) is 3.67. The molecule has 0 saturated heterocycles. The van der Waals surface area contributed by atoms with Crippen molar-refractivity contribution in [1.82, 2.24) is 4.90 Å². The number of nitrogens with two attached hydrogens (primary N) is 1. The Morgan fingerprint density at radius 3 is 2.43 bits per heavy atom. The molecule has 1 rings (SSSR count). The van der Waals surface area contributed by atoms with Gasteiger partial charge >= 0.3 is 0 Å². The third kappa shape index (κ3) is 8.20. The molecule has 0 aliphatic carbocycles. The highest BCUT2D eigenvalue weighted by Crippen LogP contribution is 2.16. The van der Waals surface area contributed by atoms with Crippen LogP contribution in [0.5, 0.6) is 0 Å². The van der Waals surface area contributed by atoms with Crippen molar-refractivity contribution in [2.75, 3.05) is 46.1 Å². The van der Waals surface area contributed by atoms with Crippen LogP contribution in [-0.4, -0.2) is 51.0 Å². The van der Waals surface area contributed by atoms with Gasteiger partial charge in [-0.2, -0.15) is 0 Å². The molecule has 0 aliphatic rings. The molecule has 0 fully saturated rings. The van der Waals surface area contributed by atoms with Crippen LogP contribution in [0.2, 0.25) is 0 Å². The van der Waals surface area contributed by atoms with Gasteiger partial charge in [0.15, 0.2) is 0 Å². The minimum absolute atomic E-state index is 0.403. The molecule has 1 heterocycles. The molecule has 0 atom stereocenters. The maximum Gasteiger partial charge on any atom is 0.0593 e. The molecule has 0 unspecified atom stereocenters. The Morgan fingerprint density at radius 1 is 1.19 bits per heavy atom. The highest BCUT2D eigenvalue weighted by Gasteiger charge is 2.08. The monoisotopic (exact) mass is 310 g/mol. The van der Waals surface area contributed by atoms with Gasteiger partial charge in [0.05, 0.1) is 19.8 Å². The van der Waals surface area contributed by atoms with Crippen LogP contribution in [0, 0.1) is 11.8 Å². The largest absolute Gasteiger partial charge is 0.380 e. The third-order valence-corrected chi connectivity index (χ3v) is 3.80. The van der Waals surface area contributed by atoms with Crippen LogP contribution in [0.4, 0.5) is 0 Å². The summed E-state index contributed by atoms with van der Waals surface area (Å²) in [5.41, 5.74) is 6.44. The van der Waals surface area contributed by atoms with E-state index in [4.69, 9.17) is 15.2 Å². The minimum atomic E-state index is 0.403. The summed E-state index contributed by atoms with van der Waals surface area (Å²) in [6.45, 7) is 10.2. The quantitative estimate of drug-likeness (QED) is 0.530. The van der Waals surface area contributed by atoms with Crippen LogP contribution < -0.4 is 5.73 Å². The number of thiophene rings is 1. The molecule has 0 saturated carbocycles. The summed E-state index contributed by atoms with van der Waals surface area (Å²) in [5, 5.41) is 2.08. The molecule has 4 nitrogen and oxygen atoms in total. The van der Waals surface area contributed by atoms with Crippen LogP contribution in [0.3, 0.4) is 0 Å². The van der Waals surface area contributed by atoms with Gasteiger partial charge in [-0.3, -0.25) is 4.90 Å². The molecule has 0 aromatic carbocycles. The molecule has 0 amide bonds. The highest BCUT2D eigenvalue weighted by atomic mass is 32.1. The molecule has 0 radical (unpaired) electrons. The maximum absolute atomic E-state index is 5.45. The first-order chi connectivity index (χ1) is 10.3. The molecule has 5 heteroatoms. The molecule has 118 valence electrons. The van der Waals surface area contributed by atoms with Crippen molar-refractivity contribution in [2.45, 2.75) is 20.4 Å². The molecule has 1 aromatic rings. The molecule has 0 aliphatic heterocycles. The molecule has 1 aromatic heterocycles. The molecule has 2 N–H and O–H groups in total. The molecular formula is C16H26N2O2S. The first-order valence-corrected chi connectivity index (χ1v) is 8.32. The van der Waals surface area contributed by atoms with Gasteiger partial charge < -0.3 is 15.2 Å². The summed E-state index contributed by atoms with van der Waals surface area (Å²) in [6, 6.07) is 2.14. The number of hydrogen-bond acceptors (Lipinski definition) is 5. The number of ether oxygens (including phenoxy) is 2. The van der Waals surface area contributed by atoms with Gasteiger partial charge in [0.25, 0.3) is 0 Å². The molecule has 0 bridgehead atoms. The van der Waals surface area contributed by atoms with E-state index in [1.165, 1.54) is 4.88 Å². The number of rotatable bonds is 10. The first-order valence-electron chi connectivity index (χ1n) is 7.44. The Morgan fingerprint density at radius 2 is 1.86 bits per heavy atom. The summed E-state index contributed by atoms with van der Waals surface area (Å²) < 4.78 is 10.9. The van der Waals surface area contributed by atoms with Crippen LogP contribution in [-0.2, 0) is 16.0 Å². The van der Waals surface area contributed by atoms with Crippen LogP contribution >= 0.6 is 11.3 Å². The zero-order valence-electron chi connectivity index (χ0n) is 13.1. The lowest BCUT2D eigenvalue weighted by atomic mass is 10.3. The van der Waals surface area contributed by atoms with E-state index in [9.17, 15) is 0 Å². The number of hydrogen-bond donors (Lipinski definition) is 1. The smallest absolute Gasteiger partial charge is 0.0593 e. The van der Waals surface area contributed by atoms with E-state index in [1.54, 1.807) is 11.3 Å². The van der Waals surface area contributed by atoms with Crippen LogP contribution in [0.25, 0.3) is 0 Å². The molecule has 21 heavy (non-hydrogen) atoms. The van der Waals surface area contributed by atoms with E-state index in [2.05, 4.69) is 28.2 Å². The van der Waals surface area contributed by atoms with Crippen molar-refractivity contribution in [3.63, 3.8) is 0 Å². The fraction of sp³-hybridized carbons (Fsp3) is 0.625. The van der Waals surface area contributed by atoms with Crippen molar-refractivity contribution < 1.29 is 9.47 Å². The van der Waals surface area contributed by atoms with E-state index in [0.717, 1.165) is 51.6 Å². The zero-order valence-corrected chi connectivity index (χ0v) is 13.9. The second kappa shape index (κ2) is 11.7. The van der Waals surface area contributed by atoms with Gasteiger partial charge in [0.2, 0.25) is 0 Å². The van der Waals surface area contributed by atoms with E-state index < -0.39 is 0 Å². The van der Waals surface area contributed by atoms with Crippen molar-refractivity contribution in [1.29, 1.82) is 0 Å². The molecule has 0 spiro atoms. The van der Waals surface area contributed by atoms with Gasteiger partial charge in [0.1, 0.15) is 0 Å². The Bertz CT molecular complexity index is 427. The van der Waals surface area contributed by atoms with Crippen molar-refractivity contribution in [3.05, 3.63) is 21.9 Å². The van der Waals surface area contributed by atoms with Crippen LogP contribution in [0.15, 0.2) is 11.4 Å². The zero-order chi connectivity index (χ0) is 15.3. The average molecular weight is 310 g/mol. The predicted octanol–water partition coefficient (Wildman–Crippen LogP) is 1.93. The van der Waals surface area contributed by atoms with Gasteiger partial charge in [-0.1, -0.05) is 11.8 Å². The summed E-state index contributed by atoms with van der Waals surface area (Å²) in [7, 11) is 0. The fourth-order valence-corrected chi connectivity index (χ4v) is 2.71. The van der Waals surface area contributed by atoms with Gasteiger partial charge in [-0.25, -0.2) is 0 Å².